The Kier molecular flexibility index (Phi) is 3.21. The first-order chi connectivity index (χ1) is 7.99. The van der Waals surface area contributed by atoms with E-state index < -0.39 is 5.97 Å². The van der Waals surface area contributed by atoms with E-state index in [1.807, 2.05) is 11.8 Å². The molecule has 1 N–H and O–H groups in total. The van der Waals surface area contributed by atoms with E-state index in [2.05, 4.69) is 39.0 Å². The van der Waals surface area contributed by atoms with Gasteiger partial charge in [-0.2, -0.15) is 0 Å². The molecule has 1 aliphatic heterocycles. The van der Waals surface area contributed by atoms with Crippen molar-refractivity contribution in [1.82, 2.24) is 0 Å². The first-order valence-corrected chi connectivity index (χ1v) is 6.87. The van der Waals surface area contributed by atoms with Gasteiger partial charge in [0, 0.05) is 15.6 Å². The highest BCUT2D eigenvalue weighted by Gasteiger charge is 2.45. The summed E-state index contributed by atoms with van der Waals surface area (Å²) in [7, 11) is 0. The number of hydrogen-bond donors (Lipinski definition) is 1. The first-order valence-electron chi connectivity index (χ1n) is 5.99. The van der Waals surface area contributed by atoms with E-state index in [4.69, 9.17) is 0 Å². The molecular formula is C14H18O2S. The second-order valence-corrected chi connectivity index (χ2v) is 6.22. The summed E-state index contributed by atoms with van der Waals surface area (Å²) in [4.78, 5) is 12.4. The summed E-state index contributed by atoms with van der Waals surface area (Å²) in [5.74, 6) is -0.700. The van der Waals surface area contributed by atoms with E-state index in [0.29, 0.717) is 5.25 Å². The Morgan fingerprint density at radius 3 is 2.82 bits per heavy atom. The van der Waals surface area contributed by atoms with Gasteiger partial charge in [-0.15, -0.1) is 11.8 Å². The molecule has 92 valence electrons. The number of thioether (sulfide) groups is 1. The second-order valence-electron chi connectivity index (χ2n) is 4.84. The Morgan fingerprint density at radius 1 is 1.53 bits per heavy atom. The van der Waals surface area contributed by atoms with E-state index in [-0.39, 0.29) is 11.8 Å². The highest BCUT2D eigenvalue weighted by atomic mass is 32.2. The summed E-state index contributed by atoms with van der Waals surface area (Å²) < 4.78 is 0. The van der Waals surface area contributed by atoms with E-state index in [1.165, 1.54) is 16.0 Å². The molecule has 0 amide bonds. The summed E-state index contributed by atoms with van der Waals surface area (Å²) in [6.45, 7) is 6.30. The molecule has 0 aromatic heterocycles. The molecule has 2 unspecified atom stereocenters. The molecular weight excluding hydrogens is 232 g/mol. The zero-order chi connectivity index (χ0) is 12.6. The van der Waals surface area contributed by atoms with Crippen LogP contribution in [-0.4, -0.2) is 16.3 Å². The topological polar surface area (TPSA) is 37.3 Å². The van der Waals surface area contributed by atoms with Crippen LogP contribution in [0.4, 0.5) is 0 Å². The van der Waals surface area contributed by atoms with Gasteiger partial charge in [0.1, 0.15) is 0 Å². The maximum Gasteiger partial charge on any atom is 0.304 e. The molecule has 0 bridgehead atoms. The molecule has 2 atom stereocenters. The van der Waals surface area contributed by atoms with Gasteiger partial charge in [-0.05, 0) is 25.0 Å². The lowest BCUT2D eigenvalue weighted by molar-refractivity contribution is -0.138. The normalized spacial score (nSPS) is 26.9. The van der Waals surface area contributed by atoms with Crippen molar-refractivity contribution in [3.63, 3.8) is 0 Å². The summed E-state index contributed by atoms with van der Waals surface area (Å²) in [6.07, 6.45) is 1.11. The number of carboxylic acids is 1. The quantitative estimate of drug-likeness (QED) is 0.890. The van der Waals surface area contributed by atoms with Crippen LogP contribution in [0.15, 0.2) is 23.1 Å². The van der Waals surface area contributed by atoms with Gasteiger partial charge in [0.2, 0.25) is 0 Å². The molecule has 0 saturated carbocycles. The molecule has 17 heavy (non-hydrogen) atoms. The minimum atomic E-state index is -0.700. The zero-order valence-corrected chi connectivity index (χ0v) is 11.3. The van der Waals surface area contributed by atoms with Gasteiger partial charge in [0.05, 0.1) is 6.42 Å². The Labute approximate surface area is 106 Å². The lowest BCUT2D eigenvalue weighted by atomic mass is 9.73. The zero-order valence-electron chi connectivity index (χ0n) is 10.5. The fourth-order valence-electron chi connectivity index (χ4n) is 2.77. The van der Waals surface area contributed by atoms with Crippen molar-refractivity contribution in [3.05, 3.63) is 29.3 Å². The predicted molar refractivity (Wildman–Crippen MR) is 70.7 cm³/mol. The van der Waals surface area contributed by atoms with E-state index in [0.717, 1.165) is 6.42 Å². The van der Waals surface area contributed by atoms with Crippen LogP contribution in [0.2, 0.25) is 0 Å². The molecule has 2 rings (SSSR count). The van der Waals surface area contributed by atoms with Crippen molar-refractivity contribution in [2.75, 3.05) is 0 Å². The number of rotatable bonds is 3. The van der Waals surface area contributed by atoms with Crippen molar-refractivity contribution in [2.24, 2.45) is 0 Å². The van der Waals surface area contributed by atoms with Crippen LogP contribution in [0.5, 0.6) is 0 Å². The van der Waals surface area contributed by atoms with Gasteiger partial charge in [0.15, 0.2) is 0 Å². The standard InChI is InChI=1S/C14H18O2S/c1-4-14(8-13(15)16)10(3)17-12-6-5-9(2)7-11(12)14/h5-7,10H,4,8H2,1-3H3,(H,15,16). The molecule has 2 nitrogen and oxygen atoms in total. The monoisotopic (exact) mass is 250 g/mol. The largest absolute Gasteiger partial charge is 0.481 e. The molecule has 1 aliphatic rings. The van der Waals surface area contributed by atoms with Gasteiger partial charge >= 0.3 is 5.97 Å². The van der Waals surface area contributed by atoms with Crippen LogP contribution in [0.3, 0.4) is 0 Å². The van der Waals surface area contributed by atoms with Crippen LogP contribution in [0.1, 0.15) is 37.8 Å². The summed E-state index contributed by atoms with van der Waals surface area (Å²) >= 11 is 1.81. The molecule has 3 heteroatoms. The summed E-state index contributed by atoms with van der Waals surface area (Å²) in [6, 6.07) is 6.40. The minimum Gasteiger partial charge on any atom is -0.481 e. The van der Waals surface area contributed by atoms with Crippen LogP contribution < -0.4 is 0 Å². The molecule has 0 saturated heterocycles. The average molecular weight is 250 g/mol. The highest BCUT2D eigenvalue weighted by molar-refractivity contribution is 8.00. The number of carbonyl (C=O) groups is 1. The van der Waals surface area contributed by atoms with Gasteiger partial charge < -0.3 is 5.11 Å². The first kappa shape index (κ1) is 12.5. The molecule has 0 aliphatic carbocycles. The minimum absolute atomic E-state index is 0.197. The van der Waals surface area contributed by atoms with E-state index in [1.54, 1.807) is 0 Å². The lowest BCUT2D eigenvalue weighted by Crippen LogP contribution is -2.34. The number of carboxylic acid groups (broad SMARTS) is 1. The van der Waals surface area contributed by atoms with Gasteiger partial charge in [-0.1, -0.05) is 31.5 Å². The molecule has 0 fully saturated rings. The predicted octanol–water partition coefficient (Wildman–Crippen LogP) is 3.61. The van der Waals surface area contributed by atoms with Crippen molar-refractivity contribution in [1.29, 1.82) is 0 Å². The van der Waals surface area contributed by atoms with Gasteiger partial charge in [0.25, 0.3) is 0 Å². The van der Waals surface area contributed by atoms with Crippen molar-refractivity contribution < 1.29 is 9.90 Å². The molecule has 1 heterocycles. The van der Waals surface area contributed by atoms with Crippen LogP contribution in [0.25, 0.3) is 0 Å². The second kappa shape index (κ2) is 4.37. The highest BCUT2D eigenvalue weighted by Crippen LogP contribution is 2.53. The molecule has 1 aromatic rings. The van der Waals surface area contributed by atoms with Gasteiger partial charge in [-0.25, -0.2) is 0 Å². The van der Waals surface area contributed by atoms with Crippen LogP contribution in [-0.2, 0) is 10.2 Å². The third-order valence-electron chi connectivity index (χ3n) is 3.85. The smallest absolute Gasteiger partial charge is 0.304 e. The molecule has 0 radical (unpaired) electrons. The van der Waals surface area contributed by atoms with Crippen molar-refractivity contribution in [2.45, 2.75) is 49.2 Å². The van der Waals surface area contributed by atoms with Crippen molar-refractivity contribution >= 4 is 17.7 Å². The fourth-order valence-corrected chi connectivity index (χ4v) is 4.29. The fraction of sp³-hybridized carbons (Fsp3) is 0.500. The van der Waals surface area contributed by atoms with E-state index >= 15 is 0 Å². The number of hydrogen-bond acceptors (Lipinski definition) is 2. The van der Waals surface area contributed by atoms with Crippen LogP contribution in [0, 0.1) is 6.92 Å². The lowest BCUT2D eigenvalue weighted by Gasteiger charge is -2.31. The maximum atomic E-state index is 11.2. The summed E-state index contributed by atoms with van der Waals surface area (Å²) in [5, 5.41) is 9.51. The van der Waals surface area contributed by atoms with Crippen molar-refractivity contribution in [3.8, 4) is 0 Å². The summed E-state index contributed by atoms with van der Waals surface area (Å²) in [5.41, 5.74) is 2.25. The van der Waals surface area contributed by atoms with Crippen LogP contribution >= 0.6 is 11.8 Å². The Balaban J connectivity index is 2.53. The Hall–Kier alpha value is -0.960. The average Bonchev–Trinajstić information content (AvgIpc) is 2.52. The number of aliphatic carboxylic acids is 1. The Bertz CT molecular complexity index is 456. The molecule has 0 spiro atoms. The van der Waals surface area contributed by atoms with E-state index in [9.17, 15) is 9.90 Å². The number of benzene rings is 1. The van der Waals surface area contributed by atoms with Gasteiger partial charge in [-0.3, -0.25) is 4.79 Å². The SMILES string of the molecule is CCC1(CC(=O)O)c2cc(C)ccc2SC1C. The third kappa shape index (κ3) is 1.97. The number of fused-ring (bicyclic) bond motifs is 1. The third-order valence-corrected chi connectivity index (χ3v) is 5.27. The molecule has 1 aromatic carbocycles. The number of aryl methyl sites for hydroxylation is 1. The Morgan fingerprint density at radius 2 is 2.24 bits per heavy atom. The maximum absolute atomic E-state index is 11.2.